The fraction of sp³-hybridized carbons (Fsp3) is 0.917. The Bertz CT molecular complexity index is 714. The van der Waals surface area contributed by atoms with Crippen LogP contribution in [0.4, 0.5) is 0 Å². The number of nitrogens with zero attached hydrogens (tertiary/aromatic N) is 1. The predicted molar refractivity (Wildman–Crippen MR) is 175 cm³/mol. The van der Waals surface area contributed by atoms with Crippen molar-refractivity contribution in [2.75, 3.05) is 32.9 Å². The molecule has 0 radical (unpaired) electrons. The third-order valence-electron chi connectivity index (χ3n) is 8.70. The van der Waals surface area contributed by atoms with Gasteiger partial charge in [0.25, 0.3) is 0 Å². The van der Waals surface area contributed by atoms with Crippen molar-refractivity contribution in [2.24, 2.45) is 11.8 Å². The van der Waals surface area contributed by atoms with Gasteiger partial charge in [-0.2, -0.15) is 0 Å². The van der Waals surface area contributed by atoms with Crippen LogP contribution < -0.4 is 0 Å². The van der Waals surface area contributed by atoms with Crippen LogP contribution >= 0.6 is 0 Å². The van der Waals surface area contributed by atoms with Crippen molar-refractivity contribution in [2.45, 2.75) is 169 Å². The second kappa shape index (κ2) is 26.7. The van der Waals surface area contributed by atoms with E-state index in [9.17, 15) is 14.4 Å². The number of unbranched alkanes of at least 4 members (excludes halogenated alkanes) is 14. The van der Waals surface area contributed by atoms with Crippen LogP contribution in [0.3, 0.4) is 0 Å². The lowest BCUT2D eigenvalue weighted by Gasteiger charge is -2.23. The maximum absolute atomic E-state index is 12.8. The Morgan fingerprint density at radius 3 is 1.74 bits per heavy atom. The van der Waals surface area contributed by atoms with Crippen LogP contribution in [0.15, 0.2) is 0 Å². The first-order chi connectivity index (χ1) is 20.9. The maximum atomic E-state index is 12.8. The SMILES string of the molecule is CCCCCCCCC(CCCCCC)C(=O)OCCCCCCOC(=O)C1CC(C)CN1CCCCCCOC(C)=O. The number of ether oxygens (including phenoxy) is 3. The molecule has 1 rings (SSSR count). The fourth-order valence-electron chi connectivity index (χ4n) is 6.10. The van der Waals surface area contributed by atoms with Gasteiger partial charge in [-0.15, -0.1) is 0 Å². The summed E-state index contributed by atoms with van der Waals surface area (Å²) in [7, 11) is 0. The normalized spacial score (nSPS) is 17.6. The minimum atomic E-state index is -0.219. The van der Waals surface area contributed by atoms with Crippen LogP contribution in [-0.2, 0) is 28.6 Å². The van der Waals surface area contributed by atoms with E-state index in [2.05, 4.69) is 25.7 Å². The van der Waals surface area contributed by atoms with E-state index in [0.29, 0.717) is 25.7 Å². The summed E-state index contributed by atoms with van der Waals surface area (Å²) >= 11 is 0. The Kier molecular flexibility index (Phi) is 24.5. The van der Waals surface area contributed by atoms with Gasteiger partial charge in [0.05, 0.1) is 25.7 Å². The van der Waals surface area contributed by atoms with Gasteiger partial charge >= 0.3 is 17.9 Å². The largest absolute Gasteiger partial charge is 0.466 e. The Balaban J connectivity index is 2.18. The molecule has 0 aliphatic carbocycles. The molecule has 0 bridgehead atoms. The van der Waals surface area contributed by atoms with Crippen molar-refractivity contribution in [3.05, 3.63) is 0 Å². The zero-order valence-electron chi connectivity index (χ0n) is 28.5. The van der Waals surface area contributed by atoms with E-state index in [1.165, 1.54) is 58.3 Å². The van der Waals surface area contributed by atoms with Gasteiger partial charge in [0, 0.05) is 13.5 Å². The molecule has 0 spiro atoms. The van der Waals surface area contributed by atoms with Crippen LogP contribution in [0, 0.1) is 11.8 Å². The highest BCUT2D eigenvalue weighted by Crippen LogP contribution is 2.25. The summed E-state index contributed by atoms with van der Waals surface area (Å²) in [6.07, 6.45) is 22.8. The maximum Gasteiger partial charge on any atom is 0.323 e. The zero-order valence-corrected chi connectivity index (χ0v) is 28.5. The lowest BCUT2D eigenvalue weighted by molar-refractivity contribution is -0.150. The molecule has 1 aliphatic rings. The fourth-order valence-corrected chi connectivity index (χ4v) is 6.10. The second-order valence-corrected chi connectivity index (χ2v) is 13.0. The highest BCUT2D eigenvalue weighted by molar-refractivity contribution is 5.76. The lowest BCUT2D eigenvalue weighted by atomic mass is 9.94. The molecular weight excluding hydrogens is 542 g/mol. The van der Waals surface area contributed by atoms with Crippen molar-refractivity contribution in [3.63, 3.8) is 0 Å². The van der Waals surface area contributed by atoms with Crippen LogP contribution in [-0.4, -0.2) is 61.8 Å². The van der Waals surface area contributed by atoms with Crippen LogP contribution in [0.25, 0.3) is 0 Å². The van der Waals surface area contributed by atoms with Crippen LogP contribution in [0.1, 0.15) is 163 Å². The van der Waals surface area contributed by atoms with Crippen LogP contribution in [0.2, 0.25) is 0 Å². The number of esters is 3. The van der Waals surface area contributed by atoms with Gasteiger partial charge in [-0.25, -0.2) is 0 Å². The van der Waals surface area contributed by atoms with Gasteiger partial charge < -0.3 is 14.2 Å². The van der Waals surface area contributed by atoms with E-state index in [1.807, 2.05) is 0 Å². The molecule has 0 aromatic heterocycles. The summed E-state index contributed by atoms with van der Waals surface area (Å²) in [5.74, 6) is 0.280. The van der Waals surface area contributed by atoms with E-state index in [-0.39, 0.29) is 29.9 Å². The van der Waals surface area contributed by atoms with Crippen molar-refractivity contribution in [3.8, 4) is 0 Å². The average molecular weight is 610 g/mol. The molecule has 1 aliphatic heterocycles. The van der Waals surface area contributed by atoms with Gasteiger partial charge in [0.1, 0.15) is 6.04 Å². The van der Waals surface area contributed by atoms with E-state index >= 15 is 0 Å². The number of hydrogen-bond acceptors (Lipinski definition) is 7. The summed E-state index contributed by atoms with van der Waals surface area (Å²) in [5, 5.41) is 0. The first-order valence-corrected chi connectivity index (χ1v) is 18.1. The molecule has 1 heterocycles. The smallest absolute Gasteiger partial charge is 0.323 e. The van der Waals surface area contributed by atoms with E-state index in [4.69, 9.17) is 14.2 Å². The molecule has 1 fully saturated rings. The molecule has 0 N–H and O–H groups in total. The number of carbonyl (C=O) groups is 3. The molecule has 0 aromatic rings. The van der Waals surface area contributed by atoms with Gasteiger partial charge in [-0.05, 0) is 70.3 Å². The second-order valence-electron chi connectivity index (χ2n) is 13.0. The standard InChI is InChI=1S/C36H67NO6/c1-5-7-9-11-12-18-24-33(23-17-10-8-6-2)35(39)42-27-21-15-16-22-28-43-36(40)34-29-31(3)30-37(34)25-19-13-14-20-26-41-32(4)38/h31,33-34H,5-30H2,1-4H3. The van der Waals surface area contributed by atoms with E-state index < -0.39 is 0 Å². The molecule has 7 nitrogen and oxygen atoms in total. The zero-order chi connectivity index (χ0) is 31.5. The van der Waals surface area contributed by atoms with E-state index in [0.717, 1.165) is 96.6 Å². The minimum Gasteiger partial charge on any atom is -0.466 e. The number of rotatable bonds is 28. The lowest BCUT2D eigenvalue weighted by Crippen LogP contribution is -2.38. The molecule has 3 atom stereocenters. The topological polar surface area (TPSA) is 82.1 Å². The Hall–Kier alpha value is -1.63. The summed E-state index contributed by atoms with van der Waals surface area (Å²) in [6.45, 7) is 11.4. The third-order valence-corrected chi connectivity index (χ3v) is 8.70. The molecule has 252 valence electrons. The van der Waals surface area contributed by atoms with Gasteiger partial charge in [-0.1, -0.05) is 97.8 Å². The Labute approximate surface area is 264 Å². The summed E-state index contributed by atoms with van der Waals surface area (Å²) < 4.78 is 16.4. The van der Waals surface area contributed by atoms with Gasteiger partial charge in [-0.3, -0.25) is 19.3 Å². The summed E-state index contributed by atoms with van der Waals surface area (Å²) in [6, 6.07) is -0.123. The number of hydrogen-bond donors (Lipinski definition) is 0. The first kappa shape index (κ1) is 39.4. The summed E-state index contributed by atoms with van der Waals surface area (Å²) in [5.41, 5.74) is 0. The van der Waals surface area contributed by atoms with Crippen molar-refractivity contribution in [1.82, 2.24) is 4.90 Å². The molecule has 0 aromatic carbocycles. The molecule has 7 heteroatoms. The molecule has 43 heavy (non-hydrogen) atoms. The van der Waals surface area contributed by atoms with Crippen molar-refractivity contribution in [1.29, 1.82) is 0 Å². The van der Waals surface area contributed by atoms with Crippen molar-refractivity contribution < 1.29 is 28.6 Å². The van der Waals surface area contributed by atoms with Gasteiger partial charge in [0.2, 0.25) is 0 Å². The quantitative estimate of drug-likeness (QED) is 0.0498. The Morgan fingerprint density at radius 2 is 1.14 bits per heavy atom. The monoisotopic (exact) mass is 609 g/mol. The van der Waals surface area contributed by atoms with Crippen LogP contribution in [0.5, 0.6) is 0 Å². The number of carbonyl (C=O) groups excluding carboxylic acids is 3. The van der Waals surface area contributed by atoms with Crippen molar-refractivity contribution >= 4 is 17.9 Å². The summed E-state index contributed by atoms with van der Waals surface area (Å²) in [4.78, 5) is 38.7. The molecule has 0 amide bonds. The molecule has 1 saturated heterocycles. The predicted octanol–water partition coefficient (Wildman–Crippen LogP) is 8.80. The third kappa shape index (κ3) is 20.9. The first-order valence-electron chi connectivity index (χ1n) is 18.1. The van der Waals surface area contributed by atoms with Gasteiger partial charge in [0.15, 0.2) is 0 Å². The molecular formula is C36H67NO6. The molecule has 3 unspecified atom stereocenters. The minimum absolute atomic E-state index is 0.0105. The van der Waals surface area contributed by atoms with E-state index in [1.54, 1.807) is 0 Å². The number of likely N-dealkylation sites (tertiary alicyclic amines) is 1. The Morgan fingerprint density at radius 1 is 0.651 bits per heavy atom. The average Bonchev–Trinajstić information content (AvgIpc) is 3.36. The molecule has 0 saturated carbocycles. The highest BCUT2D eigenvalue weighted by atomic mass is 16.5. The highest BCUT2D eigenvalue weighted by Gasteiger charge is 2.35.